The molecule has 0 spiro atoms. The van der Waals surface area contributed by atoms with Gasteiger partial charge in [-0.15, -0.1) is 0 Å². The molecular formula is C17H24N2O2. The van der Waals surface area contributed by atoms with Crippen LogP contribution >= 0.6 is 0 Å². The van der Waals surface area contributed by atoms with Crippen molar-refractivity contribution in [2.75, 3.05) is 20.8 Å². The quantitative estimate of drug-likeness (QED) is 0.810. The van der Waals surface area contributed by atoms with Crippen molar-refractivity contribution in [1.82, 2.24) is 9.88 Å². The van der Waals surface area contributed by atoms with Crippen molar-refractivity contribution < 1.29 is 9.47 Å². The summed E-state index contributed by atoms with van der Waals surface area (Å²) in [6, 6.07) is 10.3. The fraction of sp³-hybridized carbons (Fsp3) is 0.412. The summed E-state index contributed by atoms with van der Waals surface area (Å²) in [6.45, 7) is 3.62. The second-order valence-corrected chi connectivity index (χ2v) is 4.93. The maximum Gasteiger partial charge on any atom is 0.161 e. The van der Waals surface area contributed by atoms with Crippen LogP contribution in [-0.2, 0) is 6.54 Å². The molecule has 0 aliphatic carbocycles. The number of aromatic nitrogens is 1. The smallest absolute Gasteiger partial charge is 0.161 e. The van der Waals surface area contributed by atoms with E-state index in [0.717, 1.165) is 24.5 Å². The van der Waals surface area contributed by atoms with E-state index < -0.39 is 0 Å². The third-order valence-corrected chi connectivity index (χ3v) is 3.61. The molecule has 2 rings (SSSR count). The number of methoxy groups -OCH3 is 1. The van der Waals surface area contributed by atoms with Gasteiger partial charge in [-0.25, -0.2) is 0 Å². The summed E-state index contributed by atoms with van der Waals surface area (Å²) in [5.41, 5.74) is 1.32. The molecular weight excluding hydrogens is 264 g/mol. The predicted molar refractivity (Wildman–Crippen MR) is 85.0 cm³/mol. The zero-order valence-corrected chi connectivity index (χ0v) is 13.0. The third-order valence-electron chi connectivity index (χ3n) is 3.61. The molecule has 0 aliphatic heterocycles. The van der Waals surface area contributed by atoms with E-state index in [1.54, 1.807) is 7.11 Å². The van der Waals surface area contributed by atoms with Gasteiger partial charge in [0.25, 0.3) is 0 Å². The van der Waals surface area contributed by atoms with Crippen molar-refractivity contribution in [2.45, 2.75) is 25.9 Å². The Kier molecular flexibility index (Phi) is 5.69. The summed E-state index contributed by atoms with van der Waals surface area (Å²) in [5.74, 6) is 1.56. The lowest BCUT2D eigenvalue weighted by molar-refractivity contribution is 0.280. The Labute approximate surface area is 126 Å². The van der Waals surface area contributed by atoms with Crippen molar-refractivity contribution >= 4 is 0 Å². The van der Waals surface area contributed by atoms with Crippen LogP contribution in [0.5, 0.6) is 11.5 Å². The van der Waals surface area contributed by atoms with Crippen LogP contribution in [0.1, 0.15) is 24.9 Å². The molecule has 4 heteroatoms. The zero-order valence-electron chi connectivity index (χ0n) is 13.0. The average molecular weight is 288 g/mol. The van der Waals surface area contributed by atoms with Gasteiger partial charge in [0.05, 0.1) is 13.7 Å². The van der Waals surface area contributed by atoms with E-state index in [4.69, 9.17) is 9.47 Å². The highest BCUT2D eigenvalue weighted by atomic mass is 16.5. The fourth-order valence-corrected chi connectivity index (χ4v) is 2.41. The number of hydrogen-bond donors (Lipinski definition) is 1. The summed E-state index contributed by atoms with van der Waals surface area (Å²) >= 11 is 0. The Bertz CT molecular complexity index is 547. The fourth-order valence-electron chi connectivity index (χ4n) is 2.41. The molecule has 1 unspecified atom stereocenters. The number of para-hydroxylation sites is 2. The lowest BCUT2D eigenvalue weighted by atomic mass is 10.1. The lowest BCUT2D eigenvalue weighted by Gasteiger charge is -2.12. The second-order valence-electron chi connectivity index (χ2n) is 4.93. The largest absolute Gasteiger partial charge is 0.493 e. The number of ether oxygens (including phenoxy) is 2. The highest BCUT2D eigenvalue weighted by Crippen LogP contribution is 2.25. The van der Waals surface area contributed by atoms with E-state index in [1.807, 2.05) is 31.3 Å². The molecule has 2 aromatic rings. The Morgan fingerprint density at radius 1 is 1.19 bits per heavy atom. The van der Waals surface area contributed by atoms with Gasteiger partial charge in [0.1, 0.15) is 6.61 Å². The van der Waals surface area contributed by atoms with E-state index in [2.05, 4.69) is 35.3 Å². The minimum absolute atomic E-state index is 0.418. The molecule has 0 radical (unpaired) electrons. The topological polar surface area (TPSA) is 35.4 Å². The van der Waals surface area contributed by atoms with Crippen LogP contribution in [0.4, 0.5) is 0 Å². The normalized spacial score (nSPS) is 12.1. The van der Waals surface area contributed by atoms with Gasteiger partial charge in [-0.3, -0.25) is 0 Å². The summed E-state index contributed by atoms with van der Waals surface area (Å²) in [5, 5.41) is 3.32. The van der Waals surface area contributed by atoms with Crippen molar-refractivity contribution in [2.24, 2.45) is 0 Å². The summed E-state index contributed by atoms with van der Waals surface area (Å²) < 4.78 is 13.2. The highest BCUT2D eigenvalue weighted by Gasteiger charge is 2.08. The van der Waals surface area contributed by atoms with E-state index in [-0.39, 0.29) is 0 Å². The van der Waals surface area contributed by atoms with Crippen LogP contribution in [0, 0.1) is 0 Å². The van der Waals surface area contributed by atoms with Crippen LogP contribution in [0.2, 0.25) is 0 Å². The Morgan fingerprint density at radius 2 is 1.95 bits per heavy atom. The first-order valence-corrected chi connectivity index (χ1v) is 7.37. The van der Waals surface area contributed by atoms with Gasteiger partial charge in [0.2, 0.25) is 0 Å². The maximum absolute atomic E-state index is 5.79. The van der Waals surface area contributed by atoms with Gasteiger partial charge in [-0.2, -0.15) is 0 Å². The monoisotopic (exact) mass is 288 g/mol. The number of rotatable bonds is 8. The van der Waals surface area contributed by atoms with Gasteiger partial charge in [-0.05, 0) is 37.2 Å². The van der Waals surface area contributed by atoms with Crippen LogP contribution < -0.4 is 14.8 Å². The van der Waals surface area contributed by atoms with Gasteiger partial charge >= 0.3 is 0 Å². The molecule has 0 fully saturated rings. The second kappa shape index (κ2) is 7.74. The summed E-state index contributed by atoms with van der Waals surface area (Å²) in [7, 11) is 3.65. The molecule has 114 valence electrons. The average Bonchev–Trinajstić information content (AvgIpc) is 2.98. The first-order valence-electron chi connectivity index (χ1n) is 7.37. The van der Waals surface area contributed by atoms with Crippen molar-refractivity contribution in [3.05, 3.63) is 48.3 Å². The molecule has 1 aromatic carbocycles. The molecule has 4 nitrogen and oxygen atoms in total. The van der Waals surface area contributed by atoms with Crippen LogP contribution in [0.15, 0.2) is 42.7 Å². The molecule has 0 saturated heterocycles. The maximum atomic E-state index is 5.79. The number of nitrogens with zero attached hydrogens (tertiary/aromatic N) is 1. The van der Waals surface area contributed by atoms with Crippen molar-refractivity contribution in [3.63, 3.8) is 0 Å². The lowest BCUT2D eigenvalue weighted by Crippen LogP contribution is -2.14. The number of nitrogens with one attached hydrogen (secondary N) is 1. The SMILES string of the molecule is CCC(NC)c1ccn(CCOc2ccccc2OC)c1. The number of benzene rings is 1. The molecule has 1 aromatic heterocycles. The highest BCUT2D eigenvalue weighted by molar-refractivity contribution is 5.39. The minimum atomic E-state index is 0.418. The summed E-state index contributed by atoms with van der Waals surface area (Å²) in [4.78, 5) is 0. The standard InChI is InChI=1S/C17H24N2O2/c1-4-15(18-2)14-9-10-19(13-14)11-12-21-17-8-6-5-7-16(17)20-3/h5-10,13,15,18H,4,11-12H2,1-3H3. The molecule has 0 amide bonds. The van der Waals surface area contributed by atoms with Crippen LogP contribution in [0.3, 0.4) is 0 Å². The van der Waals surface area contributed by atoms with E-state index in [0.29, 0.717) is 12.6 Å². The molecule has 1 atom stereocenters. The molecule has 0 bridgehead atoms. The van der Waals surface area contributed by atoms with E-state index in [1.165, 1.54) is 5.56 Å². The first kappa shape index (κ1) is 15.4. The van der Waals surface area contributed by atoms with E-state index in [9.17, 15) is 0 Å². The molecule has 21 heavy (non-hydrogen) atoms. The Balaban J connectivity index is 1.89. The summed E-state index contributed by atoms with van der Waals surface area (Å²) in [6.07, 6.45) is 5.36. The number of hydrogen-bond acceptors (Lipinski definition) is 3. The third kappa shape index (κ3) is 4.02. The van der Waals surface area contributed by atoms with Gasteiger partial charge < -0.3 is 19.4 Å². The Hall–Kier alpha value is -1.94. The zero-order chi connectivity index (χ0) is 15.1. The minimum Gasteiger partial charge on any atom is -0.493 e. The molecule has 0 saturated carbocycles. The molecule has 0 aliphatic rings. The van der Waals surface area contributed by atoms with Gasteiger partial charge in [-0.1, -0.05) is 19.1 Å². The van der Waals surface area contributed by atoms with Gasteiger partial charge in [0.15, 0.2) is 11.5 Å². The molecule has 1 heterocycles. The first-order chi connectivity index (χ1) is 10.3. The van der Waals surface area contributed by atoms with Crippen LogP contribution in [0.25, 0.3) is 0 Å². The van der Waals surface area contributed by atoms with E-state index >= 15 is 0 Å². The Morgan fingerprint density at radius 3 is 2.62 bits per heavy atom. The van der Waals surface area contributed by atoms with Crippen molar-refractivity contribution in [1.29, 1.82) is 0 Å². The van der Waals surface area contributed by atoms with Crippen LogP contribution in [-0.4, -0.2) is 25.3 Å². The van der Waals surface area contributed by atoms with Crippen molar-refractivity contribution in [3.8, 4) is 11.5 Å². The molecule has 1 N–H and O–H groups in total. The van der Waals surface area contributed by atoms with Gasteiger partial charge in [0, 0.05) is 18.4 Å². The predicted octanol–water partition coefficient (Wildman–Crippen LogP) is 3.25.